The first kappa shape index (κ1) is 18.0. The summed E-state index contributed by atoms with van der Waals surface area (Å²) < 4.78 is 17.4. The second kappa shape index (κ2) is 8.50. The van der Waals surface area contributed by atoms with Crippen LogP contribution in [0.5, 0.6) is 0 Å². The molecule has 0 amide bonds. The number of nitrogens with one attached hydrogen (secondary N) is 1. The van der Waals surface area contributed by atoms with Crippen LogP contribution in [0.15, 0.2) is 24.3 Å². The van der Waals surface area contributed by atoms with Gasteiger partial charge in [0.15, 0.2) is 0 Å². The molecule has 0 bridgehead atoms. The number of aromatic carboxylic acids is 1. The summed E-state index contributed by atoms with van der Waals surface area (Å²) in [6.45, 7) is 2.89. The number of rotatable bonds is 7. The summed E-state index contributed by atoms with van der Waals surface area (Å²) in [6.07, 6.45) is 2.27. The van der Waals surface area contributed by atoms with Gasteiger partial charge in [-0.2, -0.15) is 4.89 Å². The minimum atomic E-state index is -2.27. The summed E-state index contributed by atoms with van der Waals surface area (Å²) in [7, 11) is -2.27. The van der Waals surface area contributed by atoms with Crippen LogP contribution in [-0.2, 0) is 9.30 Å². The lowest BCUT2D eigenvalue weighted by Crippen LogP contribution is -2.45. The van der Waals surface area contributed by atoms with Crippen molar-refractivity contribution in [3.05, 3.63) is 35.4 Å². The third-order valence-corrected chi connectivity index (χ3v) is 5.30. The van der Waals surface area contributed by atoms with Gasteiger partial charge in [-0.1, -0.05) is 25.5 Å². The number of benzene rings is 1. The molecule has 1 aromatic rings. The predicted molar refractivity (Wildman–Crippen MR) is 87.0 cm³/mol. The van der Waals surface area contributed by atoms with Crippen molar-refractivity contribution in [2.45, 2.75) is 44.0 Å². The van der Waals surface area contributed by atoms with Crippen LogP contribution in [0.3, 0.4) is 0 Å². The Morgan fingerprint density at radius 3 is 2.87 bits per heavy atom. The molecule has 1 heterocycles. The first-order chi connectivity index (χ1) is 11.0. The van der Waals surface area contributed by atoms with Crippen LogP contribution in [-0.4, -0.2) is 40.9 Å². The summed E-state index contributed by atoms with van der Waals surface area (Å²) >= 11 is 0. The van der Waals surface area contributed by atoms with Gasteiger partial charge in [0.2, 0.25) is 5.66 Å². The lowest BCUT2D eigenvalue weighted by molar-refractivity contribution is -0.000746. The maximum absolute atomic E-state index is 11.6. The van der Waals surface area contributed by atoms with Crippen LogP contribution in [0.25, 0.3) is 0 Å². The molecule has 7 heteroatoms. The van der Waals surface area contributed by atoms with Crippen LogP contribution in [0.2, 0.25) is 0 Å². The fraction of sp³-hybridized carbons (Fsp3) is 0.562. The van der Waals surface area contributed by atoms with Crippen LogP contribution in [0.1, 0.15) is 48.1 Å². The van der Waals surface area contributed by atoms with E-state index in [1.807, 2.05) is 13.0 Å². The molecule has 3 N–H and O–H groups in total. The Kier molecular flexibility index (Phi) is 6.66. The molecule has 1 aliphatic rings. The van der Waals surface area contributed by atoms with E-state index in [0.29, 0.717) is 19.6 Å². The predicted octanol–water partition coefficient (Wildman–Crippen LogP) is 2.71. The number of hydrogen-bond acceptors (Lipinski definition) is 4. The minimum Gasteiger partial charge on any atom is -0.478 e. The summed E-state index contributed by atoms with van der Waals surface area (Å²) in [5.41, 5.74) is 0.733. The largest absolute Gasteiger partial charge is 0.511 e. The average molecular weight is 340 g/mol. The quantitative estimate of drug-likeness (QED) is 0.661. The second-order valence-corrected chi connectivity index (χ2v) is 7.04. The highest BCUT2D eigenvalue weighted by Gasteiger charge is 2.40. The summed E-state index contributed by atoms with van der Waals surface area (Å²) in [5.74, 6) is -0.960. The Morgan fingerprint density at radius 2 is 2.30 bits per heavy atom. The number of carbonyl (C=O) groups is 1. The van der Waals surface area contributed by atoms with E-state index in [0.717, 1.165) is 18.4 Å². The number of hydrogen-bond donors (Lipinski definition) is 3. The lowest BCUT2D eigenvalue weighted by atomic mass is 10.0. The van der Waals surface area contributed by atoms with Crippen molar-refractivity contribution in [2.24, 2.45) is 0 Å². The van der Waals surface area contributed by atoms with Gasteiger partial charge >= 0.3 is 14.0 Å². The van der Waals surface area contributed by atoms with Crippen molar-refractivity contribution in [3.8, 4) is 0 Å². The number of carboxylic acids is 1. The monoisotopic (exact) mass is 340 g/mol. The Morgan fingerprint density at radius 1 is 1.52 bits per heavy atom. The van der Waals surface area contributed by atoms with E-state index in [2.05, 4.69) is 5.32 Å². The molecule has 0 radical (unpaired) electrons. The first-order valence-corrected chi connectivity index (χ1v) is 9.14. The van der Waals surface area contributed by atoms with Gasteiger partial charge in [-0.15, -0.1) is 0 Å². The van der Waals surface area contributed by atoms with Gasteiger partial charge in [0.1, 0.15) is 6.10 Å². The molecular formula is C16H23NO5P+. The highest BCUT2D eigenvalue weighted by molar-refractivity contribution is 7.39. The van der Waals surface area contributed by atoms with Gasteiger partial charge in [-0.25, -0.2) is 4.79 Å². The molecule has 1 saturated heterocycles. The van der Waals surface area contributed by atoms with Gasteiger partial charge in [0, 0.05) is 6.54 Å². The summed E-state index contributed by atoms with van der Waals surface area (Å²) in [5, 5.41) is 12.4. The molecule has 1 aromatic carbocycles. The fourth-order valence-electron chi connectivity index (χ4n) is 2.80. The van der Waals surface area contributed by atoms with Crippen molar-refractivity contribution in [1.29, 1.82) is 0 Å². The number of ether oxygens (including phenoxy) is 1. The number of morpholine rings is 1. The molecule has 4 atom stereocenters. The number of carboxylic acid groups (broad SMARTS) is 1. The van der Waals surface area contributed by atoms with E-state index in [9.17, 15) is 14.3 Å². The van der Waals surface area contributed by atoms with Crippen LogP contribution in [0.4, 0.5) is 0 Å². The van der Waals surface area contributed by atoms with Crippen molar-refractivity contribution in [2.75, 3.05) is 13.2 Å². The van der Waals surface area contributed by atoms with Crippen LogP contribution < -0.4 is 5.32 Å². The van der Waals surface area contributed by atoms with Gasteiger partial charge < -0.3 is 15.2 Å². The van der Waals surface area contributed by atoms with E-state index in [4.69, 9.17) is 9.84 Å². The molecule has 0 aliphatic carbocycles. The normalized spacial score (nSPS) is 23.3. The van der Waals surface area contributed by atoms with Gasteiger partial charge in [-0.05, 0) is 35.1 Å². The molecule has 1 aliphatic heterocycles. The maximum atomic E-state index is 11.6. The zero-order valence-electron chi connectivity index (χ0n) is 13.1. The van der Waals surface area contributed by atoms with Crippen molar-refractivity contribution < 1.29 is 24.1 Å². The van der Waals surface area contributed by atoms with Gasteiger partial charge in [0.25, 0.3) is 0 Å². The van der Waals surface area contributed by atoms with Crippen LogP contribution >= 0.6 is 8.03 Å². The third-order valence-electron chi connectivity index (χ3n) is 4.14. The van der Waals surface area contributed by atoms with Crippen molar-refractivity contribution in [3.63, 3.8) is 0 Å². The highest BCUT2D eigenvalue weighted by atomic mass is 31.1. The molecule has 0 aromatic heterocycles. The third kappa shape index (κ3) is 4.82. The highest BCUT2D eigenvalue weighted by Crippen LogP contribution is 2.33. The van der Waals surface area contributed by atoms with E-state index < -0.39 is 14.0 Å². The van der Waals surface area contributed by atoms with Crippen molar-refractivity contribution >= 4 is 14.0 Å². The van der Waals surface area contributed by atoms with E-state index in [-0.39, 0.29) is 23.4 Å². The zero-order valence-corrected chi connectivity index (χ0v) is 14.0. The number of unbranched alkanes of at least 4 members (excludes halogenated alkanes) is 1. The van der Waals surface area contributed by atoms with E-state index in [1.54, 1.807) is 18.2 Å². The Bertz CT molecular complexity index is 557. The molecule has 6 nitrogen and oxygen atoms in total. The Labute approximate surface area is 136 Å². The minimum absolute atomic E-state index is 0.103. The fourth-order valence-corrected chi connectivity index (χ4v) is 3.68. The molecule has 23 heavy (non-hydrogen) atoms. The van der Waals surface area contributed by atoms with Gasteiger partial charge in [0.05, 0.1) is 18.2 Å². The Hall–Kier alpha value is -1.33. The standard InChI is InChI=1S/C16H22NO5P/c1-2-3-7-15(23(20)21)14-9-17-13(10-22-14)11-5-4-6-12(8-11)16(18)19/h4-6,8,13-15,17H,2-3,7,9-10H2,1H3,(H-,18,19,20,21)/p+1/t13-,14-,15?/m0/s1. The zero-order chi connectivity index (χ0) is 16.8. The van der Waals surface area contributed by atoms with Crippen molar-refractivity contribution in [1.82, 2.24) is 5.32 Å². The molecule has 1 fully saturated rings. The summed E-state index contributed by atoms with van der Waals surface area (Å²) in [6, 6.07) is 6.64. The molecule has 126 valence electrons. The second-order valence-electron chi connectivity index (χ2n) is 5.78. The van der Waals surface area contributed by atoms with Crippen LogP contribution in [0, 0.1) is 0 Å². The Balaban J connectivity index is 1.98. The SMILES string of the molecule is CCCCC([C@@H]1CN[C@H](c2cccc(C(=O)O)c2)CO1)[P+](=O)O. The molecule has 2 unspecified atom stereocenters. The molecular weight excluding hydrogens is 317 g/mol. The molecule has 2 rings (SSSR count). The maximum Gasteiger partial charge on any atom is 0.511 e. The smallest absolute Gasteiger partial charge is 0.478 e. The summed E-state index contributed by atoms with van der Waals surface area (Å²) in [4.78, 5) is 20.5. The van der Waals surface area contributed by atoms with E-state index >= 15 is 0 Å². The average Bonchev–Trinajstić information content (AvgIpc) is 2.55. The molecule has 0 saturated carbocycles. The molecule has 0 spiro atoms. The van der Waals surface area contributed by atoms with Gasteiger partial charge in [-0.3, -0.25) is 0 Å². The van der Waals surface area contributed by atoms with E-state index in [1.165, 1.54) is 0 Å². The first-order valence-electron chi connectivity index (χ1n) is 7.86. The topological polar surface area (TPSA) is 95.9 Å². The lowest BCUT2D eigenvalue weighted by Gasteiger charge is -2.31.